The number of piperazine rings is 1. The van der Waals surface area contributed by atoms with Gasteiger partial charge in [-0.05, 0) is 49.9 Å². The number of nitrogens with one attached hydrogen (secondary N) is 1. The summed E-state index contributed by atoms with van der Waals surface area (Å²) in [7, 11) is 0. The first-order valence-corrected chi connectivity index (χ1v) is 9.44. The van der Waals surface area contributed by atoms with Gasteiger partial charge in [0, 0.05) is 32.6 Å². The Morgan fingerprint density at radius 1 is 1.00 bits per heavy atom. The van der Waals surface area contributed by atoms with Crippen molar-refractivity contribution in [2.75, 3.05) is 39.3 Å². The average Bonchev–Trinajstić information content (AvgIpc) is 2.64. The van der Waals surface area contributed by atoms with Crippen LogP contribution in [-0.2, 0) is 16.0 Å². The minimum Gasteiger partial charge on any atom is -0.339 e. The van der Waals surface area contributed by atoms with Crippen LogP contribution in [0.3, 0.4) is 0 Å². The van der Waals surface area contributed by atoms with Crippen molar-refractivity contribution in [1.82, 2.24) is 15.1 Å². The van der Waals surface area contributed by atoms with E-state index in [1.165, 1.54) is 0 Å². The van der Waals surface area contributed by atoms with Crippen LogP contribution in [0.5, 0.6) is 0 Å². The summed E-state index contributed by atoms with van der Waals surface area (Å²) in [5.74, 6) is 0.951. The number of carbonyl (C=O) groups excluding carboxylic acids is 2. The van der Waals surface area contributed by atoms with Crippen LogP contribution in [0, 0.1) is 12.8 Å². The zero-order valence-electron chi connectivity index (χ0n) is 15.6. The molecule has 2 aliphatic heterocycles. The Bertz CT molecular complexity index is 609. The molecule has 0 bridgehead atoms. The molecule has 0 unspecified atom stereocenters. The van der Waals surface area contributed by atoms with E-state index in [4.69, 9.17) is 0 Å². The lowest BCUT2D eigenvalue weighted by molar-refractivity contribution is -0.139. The van der Waals surface area contributed by atoms with E-state index >= 15 is 0 Å². The van der Waals surface area contributed by atoms with Crippen molar-refractivity contribution in [3.05, 3.63) is 35.4 Å². The maximum absolute atomic E-state index is 12.5. The van der Waals surface area contributed by atoms with Gasteiger partial charge in [0.1, 0.15) is 0 Å². The summed E-state index contributed by atoms with van der Waals surface area (Å²) < 4.78 is 0. The standard InChI is InChI=1S/C20H29N3O2.ClH/c1-16-4-2-3-5-18(16)15-20(25)23-12-10-22(11-13-23)19(24)14-17-6-8-21-9-7-17;/h2-5,17,21H,6-15H2,1H3;1H. The Balaban J connectivity index is 0.00000243. The zero-order valence-corrected chi connectivity index (χ0v) is 16.4. The molecule has 0 atom stereocenters. The first-order valence-electron chi connectivity index (χ1n) is 9.44. The second-order valence-corrected chi connectivity index (χ2v) is 7.26. The fraction of sp³-hybridized carbons (Fsp3) is 0.600. The molecule has 2 amide bonds. The summed E-state index contributed by atoms with van der Waals surface area (Å²) in [6.07, 6.45) is 3.32. The number of nitrogens with zero attached hydrogens (tertiary/aromatic N) is 2. The van der Waals surface area contributed by atoms with E-state index in [9.17, 15) is 9.59 Å². The number of benzene rings is 1. The smallest absolute Gasteiger partial charge is 0.227 e. The highest BCUT2D eigenvalue weighted by Crippen LogP contribution is 2.18. The Morgan fingerprint density at radius 3 is 2.19 bits per heavy atom. The van der Waals surface area contributed by atoms with Crippen molar-refractivity contribution in [1.29, 1.82) is 0 Å². The minimum atomic E-state index is 0. The molecule has 1 aromatic carbocycles. The van der Waals surface area contributed by atoms with Crippen molar-refractivity contribution in [3.8, 4) is 0 Å². The molecule has 2 saturated heterocycles. The van der Waals surface area contributed by atoms with Crippen LogP contribution in [-0.4, -0.2) is 60.9 Å². The molecule has 0 aromatic heterocycles. The molecular formula is C20H30ClN3O2. The predicted octanol–water partition coefficient (Wildman–Crippen LogP) is 2.02. The van der Waals surface area contributed by atoms with Gasteiger partial charge in [-0.1, -0.05) is 24.3 Å². The highest BCUT2D eigenvalue weighted by atomic mass is 35.5. The summed E-state index contributed by atoms with van der Waals surface area (Å²) >= 11 is 0. The number of hydrogen-bond acceptors (Lipinski definition) is 3. The number of halogens is 1. The van der Waals surface area contributed by atoms with Crippen LogP contribution in [0.4, 0.5) is 0 Å². The molecule has 2 aliphatic rings. The molecule has 2 fully saturated rings. The number of hydrogen-bond donors (Lipinski definition) is 1. The van der Waals surface area contributed by atoms with Gasteiger partial charge in [-0.2, -0.15) is 0 Å². The molecule has 0 spiro atoms. The van der Waals surface area contributed by atoms with E-state index in [1.54, 1.807) is 0 Å². The Hall–Kier alpha value is -1.59. The molecule has 1 aromatic rings. The highest BCUT2D eigenvalue weighted by molar-refractivity contribution is 5.85. The molecule has 144 valence electrons. The lowest BCUT2D eigenvalue weighted by Crippen LogP contribution is -2.51. The van der Waals surface area contributed by atoms with Crippen molar-refractivity contribution < 1.29 is 9.59 Å². The van der Waals surface area contributed by atoms with E-state index in [0.717, 1.165) is 37.1 Å². The first-order chi connectivity index (χ1) is 12.1. The third-order valence-electron chi connectivity index (χ3n) is 5.51. The summed E-state index contributed by atoms with van der Waals surface area (Å²) in [6.45, 7) is 6.75. The molecule has 5 nitrogen and oxygen atoms in total. The average molecular weight is 380 g/mol. The quantitative estimate of drug-likeness (QED) is 0.870. The van der Waals surface area contributed by atoms with Crippen molar-refractivity contribution in [2.24, 2.45) is 5.92 Å². The number of carbonyl (C=O) groups is 2. The summed E-state index contributed by atoms with van der Waals surface area (Å²) in [5, 5.41) is 3.34. The first kappa shape index (κ1) is 20.7. The van der Waals surface area contributed by atoms with E-state index in [2.05, 4.69) is 5.32 Å². The Morgan fingerprint density at radius 2 is 1.58 bits per heavy atom. The monoisotopic (exact) mass is 379 g/mol. The van der Waals surface area contributed by atoms with Crippen molar-refractivity contribution in [2.45, 2.75) is 32.6 Å². The maximum Gasteiger partial charge on any atom is 0.227 e. The molecule has 1 N–H and O–H groups in total. The van der Waals surface area contributed by atoms with Crippen LogP contribution in [0.25, 0.3) is 0 Å². The molecule has 3 rings (SSSR count). The van der Waals surface area contributed by atoms with Crippen molar-refractivity contribution in [3.63, 3.8) is 0 Å². The lowest BCUT2D eigenvalue weighted by atomic mass is 9.94. The maximum atomic E-state index is 12.5. The third kappa shape index (κ3) is 5.45. The topological polar surface area (TPSA) is 52.7 Å². The van der Waals surface area contributed by atoms with E-state index in [-0.39, 0.29) is 24.2 Å². The Kier molecular flexibility index (Phi) is 7.91. The van der Waals surface area contributed by atoms with Crippen LogP contribution >= 0.6 is 12.4 Å². The Labute approximate surface area is 162 Å². The minimum absolute atomic E-state index is 0. The fourth-order valence-electron chi connectivity index (χ4n) is 3.75. The van der Waals surface area contributed by atoms with Crippen LogP contribution in [0.1, 0.15) is 30.4 Å². The van der Waals surface area contributed by atoms with Gasteiger partial charge in [-0.25, -0.2) is 0 Å². The van der Waals surface area contributed by atoms with Crippen LogP contribution < -0.4 is 5.32 Å². The zero-order chi connectivity index (χ0) is 17.6. The molecule has 0 saturated carbocycles. The van der Waals surface area contributed by atoms with Crippen molar-refractivity contribution >= 4 is 24.2 Å². The van der Waals surface area contributed by atoms with Gasteiger partial charge in [0.2, 0.25) is 11.8 Å². The third-order valence-corrected chi connectivity index (χ3v) is 5.51. The van der Waals surface area contributed by atoms with E-state index in [1.807, 2.05) is 41.0 Å². The SMILES string of the molecule is Cc1ccccc1CC(=O)N1CCN(C(=O)CC2CCNCC2)CC1.Cl. The molecule has 2 heterocycles. The highest BCUT2D eigenvalue weighted by Gasteiger charge is 2.26. The normalized spacial score (nSPS) is 18.3. The molecule has 6 heteroatoms. The van der Waals surface area contributed by atoms with Gasteiger partial charge in [-0.15, -0.1) is 12.4 Å². The number of amides is 2. The molecular weight excluding hydrogens is 350 g/mol. The van der Waals surface area contributed by atoms with E-state index < -0.39 is 0 Å². The van der Waals surface area contributed by atoms with Gasteiger partial charge in [0.25, 0.3) is 0 Å². The fourth-order valence-corrected chi connectivity index (χ4v) is 3.75. The number of aryl methyl sites for hydroxylation is 1. The van der Waals surface area contributed by atoms with Gasteiger partial charge >= 0.3 is 0 Å². The summed E-state index contributed by atoms with van der Waals surface area (Å²) in [6, 6.07) is 8.04. The second-order valence-electron chi connectivity index (χ2n) is 7.26. The van der Waals surface area contributed by atoms with Gasteiger partial charge < -0.3 is 15.1 Å². The van der Waals surface area contributed by atoms with Gasteiger partial charge in [-0.3, -0.25) is 9.59 Å². The lowest BCUT2D eigenvalue weighted by Gasteiger charge is -2.36. The molecule has 0 radical (unpaired) electrons. The molecule has 0 aliphatic carbocycles. The van der Waals surface area contributed by atoms with Crippen LogP contribution in [0.15, 0.2) is 24.3 Å². The second kappa shape index (κ2) is 9.93. The van der Waals surface area contributed by atoms with Gasteiger partial charge in [0.15, 0.2) is 0 Å². The van der Waals surface area contributed by atoms with E-state index in [0.29, 0.717) is 44.9 Å². The number of rotatable bonds is 4. The number of piperidine rings is 1. The van der Waals surface area contributed by atoms with Gasteiger partial charge in [0.05, 0.1) is 6.42 Å². The molecule has 26 heavy (non-hydrogen) atoms. The predicted molar refractivity (Wildman–Crippen MR) is 106 cm³/mol. The largest absolute Gasteiger partial charge is 0.339 e. The summed E-state index contributed by atoms with van der Waals surface area (Å²) in [5.41, 5.74) is 2.25. The van der Waals surface area contributed by atoms with Crippen LogP contribution in [0.2, 0.25) is 0 Å². The summed E-state index contributed by atoms with van der Waals surface area (Å²) in [4.78, 5) is 28.9.